The Hall–Kier alpha value is -3.46. The summed E-state index contributed by atoms with van der Waals surface area (Å²) in [5.74, 6) is -3.30. The molecule has 0 aromatic heterocycles. The van der Waals surface area contributed by atoms with Crippen molar-refractivity contribution in [3.8, 4) is 0 Å². The largest absolute Gasteiger partial charge is 0.370 e. The third-order valence-corrected chi connectivity index (χ3v) is 5.98. The van der Waals surface area contributed by atoms with E-state index in [0.717, 1.165) is 0 Å². The van der Waals surface area contributed by atoms with Crippen LogP contribution in [0.4, 0.5) is 0 Å². The number of nitrogens with two attached hydrogens (primary N) is 4. The van der Waals surface area contributed by atoms with Gasteiger partial charge in [0.2, 0.25) is 29.5 Å². The first-order valence-electron chi connectivity index (χ1n) is 13.7. The maximum absolute atomic E-state index is 13.1. The van der Waals surface area contributed by atoms with Crippen LogP contribution in [0.15, 0.2) is 0 Å². The molecular formula is C25H50N10O5. The molecule has 0 bridgehead atoms. The molecule has 0 aliphatic rings. The highest BCUT2D eigenvalue weighted by molar-refractivity contribution is 5.94. The van der Waals surface area contributed by atoms with Crippen LogP contribution in [-0.4, -0.2) is 79.3 Å². The van der Waals surface area contributed by atoms with Crippen molar-refractivity contribution in [2.45, 2.75) is 90.4 Å². The predicted molar refractivity (Wildman–Crippen MR) is 152 cm³/mol. The molecule has 0 fully saturated rings. The third-order valence-electron chi connectivity index (χ3n) is 5.98. The van der Waals surface area contributed by atoms with E-state index in [4.69, 9.17) is 28.3 Å². The highest BCUT2D eigenvalue weighted by atomic mass is 16.2. The number of unbranched alkanes of at least 4 members (excludes halogenated alkanes) is 1. The van der Waals surface area contributed by atoms with Crippen LogP contribution in [0.2, 0.25) is 0 Å². The van der Waals surface area contributed by atoms with Crippen molar-refractivity contribution in [1.82, 2.24) is 26.6 Å². The van der Waals surface area contributed by atoms with E-state index in [9.17, 15) is 24.0 Å². The minimum absolute atomic E-state index is 0.196. The van der Waals surface area contributed by atoms with E-state index in [1.54, 1.807) is 13.8 Å². The zero-order chi connectivity index (χ0) is 30.8. The van der Waals surface area contributed by atoms with Crippen LogP contribution < -0.4 is 49.5 Å². The van der Waals surface area contributed by atoms with Gasteiger partial charge in [-0.1, -0.05) is 27.7 Å². The molecule has 0 saturated heterocycles. The molecule has 15 nitrogen and oxygen atoms in total. The van der Waals surface area contributed by atoms with Crippen molar-refractivity contribution >= 4 is 35.5 Å². The molecule has 5 amide bonds. The molecule has 0 aliphatic heterocycles. The first kappa shape index (κ1) is 36.5. The molecule has 4 atom stereocenters. The fraction of sp³-hybridized carbons (Fsp3) is 0.760. The van der Waals surface area contributed by atoms with Gasteiger partial charge in [-0.15, -0.1) is 0 Å². The number of carbonyl (C=O) groups excluding carboxylic acids is 5. The summed E-state index contributed by atoms with van der Waals surface area (Å²) in [7, 11) is 0. The van der Waals surface area contributed by atoms with Crippen molar-refractivity contribution in [2.75, 3.05) is 19.6 Å². The molecular weight excluding hydrogens is 520 g/mol. The summed E-state index contributed by atoms with van der Waals surface area (Å²) in [5.41, 5.74) is 22.1. The lowest BCUT2D eigenvalue weighted by molar-refractivity contribution is -0.134. The maximum Gasteiger partial charge on any atom is 0.243 e. The van der Waals surface area contributed by atoms with Gasteiger partial charge in [-0.3, -0.25) is 29.4 Å². The second-order valence-corrected chi connectivity index (χ2v) is 10.5. The van der Waals surface area contributed by atoms with Crippen LogP contribution in [0.25, 0.3) is 0 Å². The Kier molecular flexibility index (Phi) is 17.9. The quantitative estimate of drug-likeness (QED) is 0.0419. The summed E-state index contributed by atoms with van der Waals surface area (Å²) in [6.45, 7) is 7.66. The minimum Gasteiger partial charge on any atom is -0.370 e. The number of guanidine groups is 1. The molecule has 0 aromatic rings. The Balaban J connectivity index is 5.21. The molecule has 0 rings (SSSR count). The van der Waals surface area contributed by atoms with Crippen molar-refractivity contribution < 1.29 is 24.0 Å². The van der Waals surface area contributed by atoms with E-state index in [0.29, 0.717) is 38.8 Å². The van der Waals surface area contributed by atoms with Crippen LogP contribution in [0.1, 0.15) is 66.2 Å². The Morgan fingerprint density at radius 3 is 1.93 bits per heavy atom. The average Bonchev–Trinajstić information content (AvgIpc) is 2.85. The summed E-state index contributed by atoms with van der Waals surface area (Å²) >= 11 is 0. The van der Waals surface area contributed by atoms with Gasteiger partial charge in [0.1, 0.15) is 18.1 Å². The predicted octanol–water partition coefficient (Wildman–Crippen LogP) is -2.54. The Morgan fingerprint density at radius 2 is 1.40 bits per heavy atom. The van der Waals surface area contributed by atoms with Gasteiger partial charge in [0, 0.05) is 6.54 Å². The number of hydrogen-bond acceptors (Lipinski definition) is 8. The lowest BCUT2D eigenvalue weighted by Gasteiger charge is -2.26. The molecule has 230 valence electrons. The maximum atomic E-state index is 13.1. The van der Waals surface area contributed by atoms with E-state index in [1.807, 2.05) is 13.8 Å². The number of carbonyl (C=O) groups is 5. The van der Waals surface area contributed by atoms with E-state index in [1.165, 1.54) is 0 Å². The molecule has 0 heterocycles. The standard InChI is InChI=1S/C25H50N10O5/c1-14(2)12-16(27)22(38)35-20(15(3)4)24(40)34-18(8-5-6-10-26)23(39)32-13-19(36)33-17(21(28)37)9-7-11-31-25(29)30/h14-18,20H,5-13,26-27H2,1-4H3,(H2,28,37)(H,32,39)(H,33,36)(H,34,40)(H,35,38)(H4,29,30,31)/t16-,17-,18-,20-/m0/s1. The second kappa shape index (κ2) is 19.6. The van der Waals surface area contributed by atoms with E-state index in [-0.39, 0.29) is 30.6 Å². The molecule has 0 spiro atoms. The number of rotatable bonds is 20. The topological polar surface area (TPSA) is 273 Å². The van der Waals surface area contributed by atoms with E-state index < -0.39 is 60.2 Å². The highest BCUT2D eigenvalue weighted by Gasteiger charge is 2.30. The zero-order valence-corrected chi connectivity index (χ0v) is 24.2. The smallest absolute Gasteiger partial charge is 0.243 e. The average molecular weight is 571 g/mol. The summed E-state index contributed by atoms with van der Waals surface area (Å²) in [6.07, 6.45) is 2.48. The number of nitrogens with one attached hydrogen (secondary N) is 6. The van der Waals surface area contributed by atoms with Gasteiger partial charge < -0.3 is 49.5 Å². The van der Waals surface area contributed by atoms with E-state index >= 15 is 0 Å². The third kappa shape index (κ3) is 15.8. The first-order valence-corrected chi connectivity index (χ1v) is 13.7. The van der Waals surface area contributed by atoms with Gasteiger partial charge >= 0.3 is 0 Å². The van der Waals surface area contributed by atoms with Crippen LogP contribution in [0, 0.1) is 17.2 Å². The van der Waals surface area contributed by atoms with Crippen LogP contribution >= 0.6 is 0 Å². The first-order chi connectivity index (χ1) is 18.7. The highest BCUT2D eigenvalue weighted by Crippen LogP contribution is 2.08. The molecule has 40 heavy (non-hydrogen) atoms. The summed E-state index contributed by atoms with van der Waals surface area (Å²) in [4.78, 5) is 62.7. The minimum atomic E-state index is -0.987. The van der Waals surface area contributed by atoms with Crippen molar-refractivity contribution in [3.05, 3.63) is 0 Å². The lowest BCUT2D eigenvalue weighted by atomic mass is 9.99. The summed E-state index contributed by atoms with van der Waals surface area (Å²) < 4.78 is 0. The molecule has 0 aromatic carbocycles. The van der Waals surface area contributed by atoms with Crippen molar-refractivity contribution in [3.63, 3.8) is 0 Å². The second-order valence-electron chi connectivity index (χ2n) is 10.5. The number of hydrogen-bond donors (Lipinski definition) is 10. The number of primary amides is 1. The SMILES string of the molecule is CC(C)C[C@H](N)C(=O)N[C@H](C(=O)N[C@@H](CCCCN)C(=O)NCC(=O)N[C@@H](CCCNC(=N)N)C(N)=O)C(C)C. The van der Waals surface area contributed by atoms with Gasteiger partial charge in [0.05, 0.1) is 12.6 Å². The van der Waals surface area contributed by atoms with Crippen LogP contribution in [0.3, 0.4) is 0 Å². The summed E-state index contributed by atoms with van der Waals surface area (Å²) in [5, 5.41) is 20.0. The van der Waals surface area contributed by atoms with Gasteiger partial charge in [-0.2, -0.15) is 0 Å². The molecule has 0 saturated carbocycles. The fourth-order valence-electron chi connectivity index (χ4n) is 3.78. The normalized spacial score (nSPS) is 14.0. The number of amides is 5. The Bertz CT molecular complexity index is 852. The zero-order valence-electron chi connectivity index (χ0n) is 24.2. The molecule has 15 heteroatoms. The van der Waals surface area contributed by atoms with Crippen LogP contribution in [-0.2, 0) is 24.0 Å². The molecule has 0 aliphatic carbocycles. The monoisotopic (exact) mass is 570 g/mol. The van der Waals surface area contributed by atoms with Gasteiger partial charge in [-0.05, 0) is 56.9 Å². The van der Waals surface area contributed by atoms with Gasteiger partial charge in [0.25, 0.3) is 0 Å². The Morgan fingerprint density at radius 1 is 0.775 bits per heavy atom. The van der Waals surface area contributed by atoms with E-state index in [2.05, 4.69) is 26.6 Å². The van der Waals surface area contributed by atoms with Crippen LogP contribution in [0.5, 0.6) is 0 Å². The molecule has 0 unspecified atom stereocenters. The lowest BCUT2D eigenvalue weighted by Crippen LogP contribution is -2.58. The van der Waals surface area contributed by atoms with Crippen molar-refractivity contribution in [1.29, 1.82) is 5.41 Å². The molecule has 0 radical (unpaired) electrons. The van der Waals surface area contributed by atoms with Gasteiger partial charge in [0.15, 0.2) is 5.96 Å². The fourth-order valence-corrected chi connectivity index (χ4v) is 3.78. The van der Waals surface area contributed by atoms with Gasteiger partial charge in [-0.25, -0.2) is 0 Å². The molecule has 14 N–H and O–H groups in total. The van der Waals surface area contributed by atoms with Crippen molar-refractivity contribution in [2.24, 2.45) is 34.8 Å². The Labute approximate surface area is 236 Å². The summed E-state index contributed by atoms with van der Waals surface area (Å²) in [6, 6.07) is -3.66.